The molecule has 0 N–H and O–H groups in total. The van der Waals surface area contributed by atoms with Crippen LogP contribution in [0, 0.1) is 26.2 Å². The molecule has 132 valence electrons. The van der Waals surface area contributed by atoms with Crippen LogP contribution in [0.25, 0.3) is 0 Å². The van der Waals surface area contributed by atoms with E-state index in [1.54, 1.807) is 24.1 Å². The van der Waals surface area contributed by atoms with Crippen molar-refractivity contribution in [3.05, 3.63) is 52.3 Å². The molecule has 0 saturated carbocycles. The van der Waals surface area contributed by atoms with Gasteiger partial charge in [0.05, 0.1) is 12.3 Å². The van der Waals surface area contributed by atoms with E-state index in [9.17, 15) is 4.79 Å². The molecule has 0 unspecified atom stereocenters. The molecule has 0 fully saturated rings. The standard InChI is InChI=1S/C20H25N3O2/c1-6-17-9-8-10-18(13-17)20(24)22(11-12-25-5)14-19-15(3)21-23(7-2)16(19)4/h1,8-10,13H,7,11-12,14H2,2-5H3. The predicted octanol–water partition coefficient (Wildman–Crippen LogP) is 2.79. The van der Waals surface area contributed by atoms with Crippen LogP contribution in [0.1, 0.15) is 39.8 Å². The first-order chi connectivity index (χ1) is 12.0. The highest BCUT2D eigenvalue weighted by atomic mass is 16.5. The summed E-state index contributed by atoms with van der Waals surface area (Å²) in [6, 6.07) is 7.16. The Labute approximate surface area is 149 Å². The predicted molar refractivity (Wildman–Crippen MR) is 98.4 cm³/mol. The molecule has 1 aromatic carbocycles. The van der Waals surface area contributed by atoms with E-state index in [1.807, 2.05) is 30.7 Å². The van der Waals surface area contributed by atoms with Crippen LogP contribution >= 0.6 is 0 Å². The molecule has 0 spiro atoms. The molecular weight excluding hydrogens is 314 g/mol. The van der Waals surface area contributed by atoms with E-state index in [0.29, 0.717) is 30.8 Å². The highest BCUT2D eigenvalue weighted by Crippen LogP contribution is 2.18. The van der Waals surface area contributed by atoms with Gasteiger partial charge in [0, 0.05) is 49.1 Å². The van der Waals surface area contributed by atoms with E-state index in [1.165, 1.54) is 0 Å². The smallest absolute Gasteiger partial charge is 0.254 e. The Morgan fingerprint density at radius 1 is 1.40 bits per heavy atom. The van der Waals surface area contributed by atoms with E-state index >= 15 is 0 Å². The molecular formula is C20H25N3O2. The molecule has 0 saturated heterocycles. The summed E-state index contributed by atoms with van der Waals surface area (Å²) in [5, 5.41) is 4.54. The second-order valence-electron chi connectivity index (χ2n) is 5.91. The average molecular weight is 339 g/mol. The molecule has 2 rings (SSSR count). The minimum atomic E-state index is -0.0581. The summed E-state index contributed by atoms with van der Waals surface area (Å²) in [6.07, 6.45) is 5.45. The first-order valence-electron chi connectivity index (χ1n) is 8.39. The van der Waals surface area contributed by atoms with Crippen LogP contribution in [0.3, 0.4) is 0 Å². The number of hydrogen-bond donors (Lipinski definition) is 0. The van der Waals surface area contributed by atoms with Crippen molar-refractivity contribution in [3.63, 3.8) is 0 Å². The lowest BCUT2D eigenvalue weighted by atomic mass is 10.1. The number of carbonyl (C=O) groups is 1. The van der Waals surface area contributed by atoms with Gasteiger partial charge in [-0.3, -0.25) is 9.48 Å². The summed E-state index contributed by atoms with van der Waals surface area (Å²) in [5.74, 6) is 2.52. The van der Waals surface area contributed by atoms with Crippen LogP contribution in [0.15, 0.2) is 24.3 Å². The minimum absolute atomic E-state index is 0.0581. The average Bonchev–Trinajstić information content (AvgIpc) is 2.91. The van der Waals surface area contributed by atoms with Crippen molar-refractivity contribution in [2.75, 3.05) is 20.3 Å². The summed E-state index contributed by atoms with van der Waals surface area (Å²) in [6.45, 7) is 8.36. The van der Waals surface area contributed by atoms with Crippen LogP contribution in [0.2, 0.25) is 0 Å². The Balaban J connectivity index is 2.31. The van der Waals surface area contributed by atoms with Gasteiger partial charge in [-0.25, -0.2) is 0 Å². The number of aryl methyl sites for hydroxylation is 2. The fourth-order valence-corrected chi connectivity index (χ4v) is 2.84. The lowest BCUT2D eigenvalue weighted by Crippen LogP contribution is -2.33. The van der Waals surface area contributed by atoms with Gasteiger partial charge in [0.1, 0.15) is 0 Å². The molecule has 5 nitrogen and oxygen atoms in total. The number of terminal acetylenes is 1. The third-order valence-corrected chi connectivity index (χ3v) is 4.31. The zero-order valence-electron chi connectivity index (χ0n) is 15.4. The molecule has 25 heavy (non-hydrogen) atoms. The van der Waals surface area contributed by atoms with Gasteiger partial charge in [-0.15, -0.1) is 6.42 Å². The molecule has 0 radical (unpaired) electrons. The van der Waals surface area contributed by atoms with Gasteiger partial charge in [-0.1, -0.05) is 12.0 Å². The number of amides is 1. The Morgan fingerprint density at radius 2 is 2.16 bits per heavy atom. The van der Waals surface area contributed by atoms with Crippen molar-refractivity contribution in [1.82, 2.24) is 14.7 Å². The van der Waals surface area contributed by atoms with Crippen molar-refractivity contribution in [2.24, 2.45) is 0 Å². The van der Waals surface area contributed by atoms with E-state index in [4.69, 9.17) is 11.2 Å². The SMILES string of the molecule is C#Cc1cccc(C(=O)N(CCOC)Cc2c(C)nn(CC)c2C)c1. The quantitative estimate of drug-likeness (QED) is 0.729. The van der Waals surface area contributed by atoms with Gasteiger partial charge < -0.3 is 9.64 Å². The molecule has 2 aromatic rings. The Kier molecular flexibility index (Phi) is 6.37. The molecule has 0 aliphatic rings. The molecule has 0 aliphatic heterocycles. The van der Waals surface area contributed by atoms with Crippen LogP contribution in [0.4, 0.5) is 0 Å². The van der Waals surface area contributed by atoms with Gasteiger partial charge in [-0.2, -0.15) is 5.10 Å². The van der Waals surface area contributed by atoms with Crippen molar-refractivity contribution in [3.8, 4) is 12.3 Å². The summed E-state index contributed by atoms with van der Waals surface area (Å²) in [7, 11) is 1.63. The van der Waals surface area contributed by atoms with E-state index in [0.717, 1.165) is 23.5 Å². The maximum absolute atomic E-state index is 13.0. The number of carbonyl (C=O) groups excluding carboxylic acids is 1. The van der Waals surface area contributed by atoms with E-state index < -0.39 is 0 Å². The summed E-state index contributed by atoms with van der Waals surface area (Å²) < 4.78 is 7.14. The minimum Gasteiger partial charge on any atom is -0.383 e. The number of hydrogen-bond acceptors (Lipinski definition) is 3. The third-order valence-electron chi connectivity index (χ3n) is 4.31. The van der Waals surface area contributed by atoms with Crippen LogP contribution in [-0.4, -0.2) is 40.8 Å². The highest BCUT2D eigenvalue weighted by Gasteiger charge is 2.20. The number of ether oxygens (including phenoxy) is 1. The maximum Gasteiger partial charge on any atom is 0.254 e. The molecule has 1 aromatic heterocycles. The topological polar surface area (TPSA) is 47.4 Å². The van der Waals surface area contributed by atoms with Crippen LogP contribution in [0.5, 0.6) is 0 Å². The Morgan fingerprint density at radius 3 is 2.76 bits per heavy atom. The molecule has 5 heteroatoms. The van der Waals surface area contributed by atoms with Crippen molar-refractivity contribution >= 4 is 5.91 Å². The number of methoxy groups -OCH3 is 1. The monoisotopic (exact) mass is 339 g/mol. The molecule has 0 bridgehead atoms. The molecule has 1 amide bonds. The first kappa shape index (κ1) is 18.8. The summed E-state index contributed by atoms with van der Waals surface area (Å²) in [4.78, 5) is 14.8. The fraction of sp³-hybridized carbons (Fsp3) is 0.400. The summed E-state index contributed by atoms with van der Waals surface area (Å²) >= 11 is 0. The molecule has 0 atom stereocenters. The van der Waals surface area contributed by atoms with Gasteiger partial charge in [-0.05, 0) is 39.0 Å². The van der Waals surface area contributed by atoms with E-state index in [2.05, 4.69) is 17.9 Å². The second kappa shape index (κ2) is 8.50. The summed E-state index contributed by atoms with van der Waals surface area (Å²) in [5.41, 5.74) is 4.41. The largest absolute Gasteiger partial charge is 0.383 e. The zero-order valence-corrected chi connectivity index (χ0v) is 15.4. The number of nitrogens with zero attached hydrogens (tertiary/aromatic N) is 3. The molecule has 1 heterocycles. The first-order valence-corrected chi connectivity index (χ1v) is 8.39. The zero-order chi connectivity index (χ0) is 18.4. The third kappa shape index (κ3) is 4.28. The number of aromatic nitrogens is 2. The number of rotatable bonds is 7. The lowest BCUT2D eigenvalue weighted by molar-refractivity contribution is 0.0680. The normalized spacial score (nSPS) is 10.5. The van der Waals surface area contributed by atoms with Gasteiger partial charge in [0.25, 0.3) is 5.91 Å². The van der Waals surface area contributed by atoms with Crippen molar-refractivity contribution in [1.29, 1.82) is 0 Å². The second-order valence-corrected chi connectivity index (χ2v) is 5.91. The van der Waals surface area contributed by atoms with Gasteiger partial charge in [0.2, 0.25) is 0 Å². The molecule has 0 aliphatic carbocycles. The van der Waals surface area contributed by atoms with Crippen LogP contribution < -0.4 is 0 Å². The number of benzene rings is 1. The Bertz CT molecular complexity index is 787. The fourth-order valence-electron chi connectivity index (χ4n) is 2.84. The van der Waals surface area contributed by atoms with Crippen LogP contribution in [-0.2, 0) is 17.8 Å². The Hall–Kier alpha value is -2.58. The lowest BCUT2D eigenvalue weighted by Gasteiger charge is -2.23. The van der Waals surface area contributed by atoms with E-state index in [-0.39, 0.29) is 5.91 Å². The van der Waals surface area contributed by atoms with Gasteiger partial charge in [0.15, 0.2) is 0 Å². The van der Waals surface area contributed by atoms with Crippen molar-refractivity contribution in [2.45, 2.75) is 33.9 Å². The highest BCUT2D eigenvalue weighted by molar-refractivity contribution is 5.94. The maximum atomic E-state index is 13.0. The van der Waals surface area contributed by atoms with Crippen molar-refractivity contribution < 1.29 is 9.53 Å². The van der Waals surface area contributed by atoms with Gasteiger partial charge >= 0.3 is 0 Å².